The summed E-state index contributed by atoms with van der Waals surface area (Å²) in [5.41, 5.74) is 0.973. The van der Waals surface area contributed by atoms with Gasteiger partial charge in [-0.1, -0.05) is 12.6 Å². The minimum Gasteiger partial charge on any atom is -0.493 e. The molecule has 0 fully saturated rings. The van der Waals surface area contributed by atoms with Gasteiger partial charge in [0.25, 0.3) is 0 Å². The van der Waals surface area contributed by atoms with Gasteiger partial charge in [-0.25, -0.2) is 0 Å². The average molecular weight is 235 g/mol. The predicted molar refractivity (Wildman–Crippen MR) is 66.2 cm³/mol. The van der Waals surface area contributed by atoms with E-state index in [4.69, 9.17) is 9.47 Å². The first-order chi connectivity index (χ1) is 8.12. The van der Waals surface area contributed by atoms with E-state index in [0.29, 0.717) is 18.0 Å². The Morgan fingerprint density at radius 2 is 2.00 bits per heavy atom. The summed E-state index contributed by atoms with van der Waals surface area (Å²) in [6.07, 6.45) is 1.29. The molecule has 0 saturated heterocycles. The van der Waals surface area contributed by atoms with E-state index >= 15 is 0 Å². The highest BCUT2D eigenvalue weighted by Crippen LogP contribution is 2.27. The second-order valence-electron chi connectivity index (χ2n) is 3.59. The normalized spacial score (nSPS) is 9.59. The maximum atomic E-state index is 11.3. The number of amides is 1. The smallest absolute Gasteiger partial charge is 0.245 e. The lowest BCUT2D eigenvalue weighted by atomic mass is 10.2. The van der Waals surface area contributed by atoms with Crippen LogP contribution in [0.4, 0.5) is 0 Å². The first kappa shape index (κ1) is 13.1. The quantitative estimate of drug-likeness (QED) is 0.731. The molecule has 0 aliphatic heterocycles. The van der Waals surface area contributed by atoms with Gasteiger partial charge in [0.05, 0.1) is 14.2 Å². The molecule has 0 radical (unpaired) electrons. The molecule has 0 saturated carbocycles. The molecule has 0 aliphatic carbocycles. The summed E-state index contributed by atoms with van der Waals surface area (Å²) >= 11 is 0. The molecule has 0 N–H and O–H groups in total. The van der Waals surface area contributed by atoms with Gasteiger partial charge < -0.3 is 14.4 Å². The van der Waals surface area contributed by atoms with Gasteiger partial charge in [0.15, 0.2) is 11.5 Å². The lowest BCUT2D eigenvalue weighted by Gasteiger charge is -2.16. The van der Waals surface area contributed by atoms with Crippen LogP contribution in [-0.4, -0.2) is 32.1 Å². The molecule has 0 bridgehead atoms. The molecule has 4 heteroatoms. The fraction of sp³-hybridized carbons (Fsp3) is 0.308. The highest BCUT2D eigenvalue weighted by atomic mass is 16.5. The van der Waals surface area contributed by atoms with E-state index in [9.17, 15) is 4.79 Å². The van der Waals surface area contributed by atoms with Gasteiger partial charge >= 0.3 is 0 Å². The minimum atomic E-state index is -0.111. The number of rotatable bonds is 5. The van der Waals surface area contributed by atoms with Crippen molar-refractivity contribution in [2.45, 2.75) is 6.54 Å². The van der Waals surface area contributed by atoms with Gasteiger partial charge in [-0.15, -0.1) is 0 Å². The second kappa shape index (κ2) is 5.94. The Hall–Kier alpha value is -1.97. The van der Waals surface area contributed by atoms with Crippen molar-refractivity contribution in [1.82, 2.24) is 4.90 Å². The summed E-state index contributed by atoms with van der Waals surface area (Å²) in [5, 5.41) is 0. The number of likely N-dealkylation sites (N-methyl/N-ethyl adjacent to an activating group) is 1. The Morgan fingerprint density at radius 3 is 2.53 bits per heavy atom. The van der Waals surface area contributed by atoms with Crippen LogP contribution in [0, 0.1) is 0 Å². The highest BCUT2D eigenvalue weighted by Gasteiger charge is 2.08. The average Bonchev–Trinajstić information content (AvgIpc) is 2.37. The summed E-state index contributed by atoms with van der Waals surface area (Å²) < 4.78 is 10.3. The maximum Gasteiger partial charge on any atom is 0.245 e. The summed E-state index contributed by atoms with van der Waals surface area (Å²) in [4.78, 5) is 12.9. The minimum absolute atomic E-state index is 0.111. The fourth-order valence-electron chi connectivity index (χ4n) is 1.49. The summed E-state index contributed by atoms with van der Waals surface area (Å²) in [6.45, 7) is 3.95. The van der Waals surface area contributed by atoms with Crippen LogP contribution in [0.2, 0.25) is 0 Å². The molecule has 0 aromatic heterocycles. The first-order valence-corrected chi connectivity index (χ1v) is 5.20. The van der Waals surface area contributed by atoms with Crippen LogP contribution in [0.5, 0.6) is 11.5 Å². The number of ether oxygens (including phenoxy) is 2. The zero-order valence-electron chi connectivity index (χ0n) is 10.4. The molecular formula is C13H17NO3. The van der Waals surface area contributed by atoms with Gasteiger partial charge in [-0.3, -0.25) is 4.79 Å². The molecule has 92 valence electrons. The molecular weight excluding hydrogens is 218 g/mol. The summed E-state index contributed by atoms with van der Waals surface area (Å²) in [5.74, 6) is 1.22. The van der Waals surface area contributed by atoms with Crippen LogP contribution in [0.15, 0.2) is 30.9 Å². The number of benzene rings is 1. The van der Waals surface area contributed by atoms with E-state index in [-0.39, 0.29) is 5.91 Å². The van der Waals surface area contributed by atoms with Crippen LogP contribution in [0.25, 0.3) is 0 Å². The zero-order valence-corrected chi connectivity index (χ0v) is 10.4. The van der Waals surface area contributed by atoms with Crippen molar-refractivity contribution >= 4 is 5.91 Å². The van der Waals surface area contributed by atoms with Crippen molar-refractivity contribution < 1.29 is 14.3 Å². The largest absolute Gasteiger partial charge is 0.493 e. The Balaban J connectivity index is 2.85. The SMILES string of the molecule is C=CC(=O)N(C)Cc1ccc(OC)c(OC)c1. The van der Waals surface area contributed by atoms with Crippen molar-refractivity contribution in [2.24, 2.45) is 0 Å². The van der Waals surface area contributed by atoms with Crippen LogP contribution in [0.1, 0.15) is 5.56 Å². The molecule has 0 aliphatic rings. The zero-order chi connectivity index (χ0) is 12.8. The first-order valence-electron chi connectivity index (χ1n) is 5.20. The van der Waals surface area contributed by atoms with E-state index in [0.717, 1.165) is 5.56 Å². The Bertz CT molecular complexity index is 415. The van der Waals surface area contributed by atoms with Gasteiger partial charge in [-0.05, 0) is 23.8 Å². The summed E-state index contributed by atoms with van der Waals surface area (Å²) in [6, 6.07) is 5.57. The van der Waals surface area contributed by atoms with E-state index < -0.39 is 0 Å². The molecule has 0 unspecified atom stereocenters. The number of hydrogen-bond acceptors (Lipinski definition) is 3. The van der Waals surface area contributed by atoms with Crippen molar-refractivity contribution in [3.8, 4) is 11.5 Å². The van der Waals surface area contributed by atoms with Crippen LogP contribution in [0.3, 0.4) is 0 Å². The van der Waals surface area contributed by atoms with Gasteiger partial charge in [0.1, 0.15) is 0 Å². The highest BCUT2D eigenvalue weighted by molar-refractivity contribution is 5.86. The van der Waals surface area contributed by atoms with Gasteiger partial charge in [0.2, 0.25) is 5.91 Å². The third-order valence-corrected chi connectivity index (χ3v) is 2.42. The number of hydrogen-bond donors (Lipinski definition) is 0. The van der Waals surface area contributed by atoms with E-state index in [2.05, 4.69) is 6.58 Å². The molecule has 4 nitrogen and oxygen atoms in total. The molecule has 0 spiro atoms. The molecule has 1 rings (SSSR count). The van der Waals surface area contributed by atoms with Crippen molar-refractivity contribution in [3.63, 3.8) is 0 Å². The third kappa shape index (κ3) is 3.24. The molecule has 1 aromatic rings. The Morgan fingerprint density at radius 1 is 1.35 bits per heavy atom. The molecule has 17 heavy (non-hydrogen) atoms. The number of carbonyl (C=O) groups excluding carboxylic acids is 1. The van der Waals surface area contributed by atoms with Crippen LogP contribution < -0.4 is 9.47 Å². The number of nitrogens with zero attached hydrogens (tertiary/aromatic N) is 1. The molecule has 0 heterocycles. The standard InChI is InChI=1S/C13H17NO3/c1-5-13(15)14(2)9-10-6-7-11(16-3)12(8-10)17-4/h5-8H,1,9H2,2-4H3. The van der Waals surface area contributed by atoms with E-state index in [1.165, 1.54) is 6.08 Å². The molecule has 1 amide bonds. The Kier molecular flexibility index (Phi) is 4.57. The van der Waals surface area contributed by atoms with Crippen LogP contribution >= 0.6 is 0 Å². The van der Waals surface area contributed by atoms with Crippen molar-refractivity contribution in [1.29, 1.82) is 0 Å². The molecule has 1 aromatic carbocycles. The van der Waals surface area contributed by atoms with Crippen molar-refractivity contribution in [2.75, 3.05) is 21.3 Å². The summed E-state index contributed by atoms with van der Waals surface area (Å²) in [7, 11) is 4.89. The van der Waals surface area contributed by atoms with Gasteiger partial charge in [-0.2, -0.15) is 0 Å². The van der Waals surface area contributed by atoms with Crippen LogP contribution in [-0.2, 0) is 11.3 Å². The van der Waals surface area contributed by atoms with E-state index in [1.54, 1.807) is 26.2 Å². The number of carbonyl (C=O) groups is 1. The predicted octanol–water partition coefficient (Wildman–Crippen LogP) is 1.85. The second-order valence-corrected chi connectivity index (χ2v) is 3.59. The fourth-order valence-corrected chi connectivity index (χ4v) is 1.49. The lowest BCUT2D eigenvalue weighted by Crippen LogP contribution is -2.23. The number of methoxy groups -OCH3 is 2. The van der Waals surface area contributed by atoms with Gasteiger partial charge in [0, 0.05) is 13.6 Å². The topological polar surface area (TPSA) is 38.8 Å². The molecule has 0 atom stereocenters. The lowest BCUT2D eigenvalue weighted by molar-refractivity contribution is -0.125. The maximum absolute atomic E-state index is 11.3. The Labute approximate surface area is 101 Å². The third-order valence-electron chi connectivity index (χ3n) is 2.42. The monoisotopic (exact) mass is 235 g/mol. The van der Waals surface area contributed by atoms with E-state index in [1.807, 2.05) is 18.2 Å². The van der Waals surface area contributed by atoms with Crippen molar-refractivity contribution in [3.05, 3.63) is 36.4 Å².